The van der Waals surface area contributed by atoms with Crippen molar-refractivity contribution in [2.24, 2.45) is 0 Å². The van der Waals surface area contributed by atoms with Crippen molar-refractivity contribution in [2.45, 2.75) is 12.3 Å². The molecule has 0 amide bonds. The highest BCUT2D eigenvalue weighted by atomic mass is 16.5. The average Bonchev–Trinajstić information content (AvgIpc) is 2.79. The predicted octanol–water partition coefficient (Wildman–Crippen LogP) is 4.70. The van der Waals surface area contributed by atoms with E-state index in [-0.39, 0.29) is 0 Å². The van der Waals surface area contributed by atoms with Crippen molar-refractivity contribution in [2.75, 3.05) is 37.7 Å². The fourth-order valence-electron chi connectivity index (χ4n) is 3.87. The third-order valence-electron chi connectivity index (χ3n) is 5.40. The Balaban J connectivity index is 1.38. The van der Waals surface area contributed by atoms with Gasteiger partial charge < -0.3 is 15.0 Å². The third kappa shape index (κ3) is 4.73. The number of rotatable bonds is 7. The number of nitrogens with one attached hydrogen (secondary N) is 1. The van der Waals surface area contributed by atoms with Gasteiger partial charge in [-0.3, -0.25) is 0 Å². The smallest absolute Gasteiger partial charge is 0.119 e. The second kappa shape index (κ2) is 9.43. The quantitative estimate of drug-likeness (QED) is 0.651. The van der Waals surface area contributed by atoms with Gasteiger partial charge in [-0.1, -0.05) is 60.7 Å². The fourth-order valence-corrected chi connectivity index (χ4v) is 3.87. The summed E-state index contributed by atoms with van der Waals surface area (Å²) < 4.78 is 6.09. The van der Waals surface area contributed by atoms with E-state index in [1.165, 1.54) is 16.8 Å². The first kappa shape index (κ1) is 18.6. The lowest BCUT2D eigenvalue weighted by Gasteiger charge is -2.29. The van der Waals surface area contributed by atoms with Crippen LogP contribution in [0.1, 0.15) is 23.5 Å². The predicted molar refractivity (Wildman–Crippen MR) is 116 cm³/mol. The average molecular weight is 373 g/mol. The van der Waals surface area contributed by atoms with Crippen molar-refractivity contribution >= 4 is 5.69 Å². The molecule has 0 radical (unpaired) electrons. The van der Waals surface area contributed by atoms with Crippen molar-refractivity contribution in [1.82, 2.24) is 5.32 Å². The molecule has 0 bridgehead atoms. The number of hydrogen-bond acceptors (Lipinski definition) is 3. The van der Waals surface area contributed by atoms with Gasteiger partial charge in [0.25, 0.3) is 0 Å². The molecule has 0 saturated carbocycles. The Hall–Kier alpha value is -2.78. The van der Waals surface area contributed by atoms with Gasteiger partial charge in [0.1, 0.15) is 5.75 Å². The van der Waals surface area contributed by atoms with Gasteiger partial charge in [0.05, 0.1) is 6.61 Å². The van der Waals surface area contributed by atoms with Crippen molar-refractivity contribution < 1.29 is 4.74 Å². The van der Waals surface area contributed by atoms with Crippen LogP contribution in [0.3, 0.4) is 0 Å². The zero-order chi connectivity index (χ0) is 19.0. The maximum absolute atomic E-state index is 6.09. The number of anilines is 1. The molecule has 0 atom stereocenters. The Morgan fingerprint density at radius 2 is 1.32 bits per heavy atom. The van der Waals surface area contributed by atoms with Gasteiger partial charge in [0, 0.05) is 37.8 Å². The molecule has 4 rings (SSSR count). The van der Waals surface area contributed by atoms with E-state index in [0.29, 0.717) is 12.5 Å². The van der Waals surface area contributed by atoms with Gasteiger partial charge in [0.2, 0.25) is 0 Å². The van der Waals surface area contributed by atoms with Crippen molar-refractivity contribution in [3.05, 3.63) is 96.1 Å². The Morgan fingerprint density at radius 1 is 0.750 bits per heavy atom. The molecular weight excluding hydrogens is 344 g/mol. The molecule has 0 aromatic heterocycles. The molecule has 0 spiro atoms. The fraction of sp³-hybridized carbons (Fsp3) is 0.280. The summed E-state index contributed by atoms with van der Waals surface area (Å²) in [6.45, 7) is 4.94. The minimum absolute atomic E-state index is 0.350. The van der Waals surface area contributed by atoms with Crippen molar-refractivity contribution in [3.8, 4) is 5.75 Å². The number of ether oxygens (including phenoxy) is 1. The van der Waals surface area contributed by atoms with E-state index >= 15 is 0 Å². The number of piperazine rings is 1. The van der Waals surface area contributed by atoms with E-state index in [4.69, 9.17) is 4.74 Å². The summed E-state index contributed by atoms with van der Waals surface area (Å²) in [7, 11) is 0. The summed E-state index contributed by atoms with van der Waals surface area (Å²) in [5.41, 5.74) is 3.96. The minimum Gasteiger partial charge on any atom is -0.494 e. The SMILES string of the molecule is c1ccc(C(CCOc2ccc(N3CCNCC3)cc2)c2ccccc2)cc1. The molecule has 1 aliphatic rings. The van der Waals surface area contributed by atoms with Gasteiger partial charge >= 0.3 is 0 Å². The topological polar surface area (TPSA) is 24.5 Å². The molecule has 3 aromatic carbocycles. The summed E-state index contributed by atoms with van der Waals surface area (Å²) in [6.07, 6.45) is 0.952. The van der Waals surface area contributed by atoms with Gasteiger partial charge in [0.15, 0.2) is 0 Å². The number of benzene rings is 3. The van der Waals surface area contributed by atoms with Crippen LogP contribution in [0, 0.1) is 0 Å². The molecule has 1 aliphatic heterocycles. The molecule has 1 heterocycles. The molecule has 3 aromatic rings. The largest absolute Gasteiger partial charge is 0.494 e. The molecule has 1 saturated heterocycles. The molecule has 3 heteroatoms. The van der Waals surface area contributed by atoms with Gasteiger partial charge in [-0.05, 0) is 41.8 Å². The van der Waals surface area contributed by atoms with Gasteiger partial charge in [-0.15, -0.1) is 0 Å². The van der Waals surface area contributed by atoms with E-state index in [1.54, 1.807) is 0 Å². The number of hydrogen-bond donors (Lipinski definition) is 1. The highest BCUT2D eigenvalue weighted by Gasteiger charge is 2.14. The van der Waals surface area contributed by atoms with E-state index in [9.17, 15) is 0 Å². The van der Waals surface area contributed by atoms with Crippen LogP contribution in [-0.4, -0.2) is 32.8 Å². The summed E-state index contributed by atoms with van der Waals surface area (Å²) in [5.74, 6) is 1.29. The summed E-state index contributed by atoms with van der Waals surface area (Å²) in [4.78, 5) is 2.42. The van der Waals surface area contributed by atoms with E-state index in [2.05, 4.69) is 95.1 Å². The normalized spacial score (nSPS) is 14.2. The van der Waals surface area contributed by atoms with Crippen LogP contribution in [0.25, 0.3) is 0 Å². The zero-order valence-electron chi connectivity index (χ0n) is 16.3. The molecule has 1 N–H and O–H groups in total. The first-order valence-electron chi connectivity index (χ1n) is 10.2. The molecular formula is C25H28N2O. The summed E-state index contributed by atoms with van der Waals surface area (Å²) in [5, 5.41) is 3.39. The van der Waals surface area contributed by atoms with E-state index < -0.39 is 0 Å². The highest BCUT2D eigenvalue weighted by Crippen LogP contribution is 2.28. The Morgan fingerprint density at radius 3 is 1.89 bits per heavy atom. The van der Waals surface area contributed by atoms with Gasteiger partial charge in [-0.2, -0.15) is 0 Å². The molecule has 28 heavy (non-hydrogen) atoms. The lowest BCUT2D eigenvalue weighted by Crippen LogP contribution is -2.43. The van der Waals surface area contributed by atoms with Crippen LogP contribution in [0.5, 0.6) is 5.75 Å². The minimum atomic E-state index is 0.350. The molecule has 0 aliphatic carbocycles. The van der Waals surface area contributed by atoms with Crippen LogP contribution < -0.4 is 15.0 Å². The van der Waals surface area contributed by atoms with Crippen LogP contribution >= 0.6 is 0 Å². The van der Waals surface area contributed by atoms with Crippen LogP contribution in [0.2, 0.25) is 0 Å². The van der Waals surface area contributed by atoms with E-state index in [1.807, 2.05) is 0 Å². The van der Waals surface area contributed by atoms with E-state index in [0.717, 1.165) is 38.3 Å². The summed E-state index contributed by atoms with van der Waals surface area (Å²) >= 11 is 0. The highest BCUT2D eigenvalue weighted by molar-refractivity contribution is 5.49. The van der Waals surface area contributed by atoms with Crippen molar-refractivity contribution in [3.63, 3.8) is 0 Å². The Bertz CT molecular complexity index is 788. The van der Waals surface area contributed by atoms with Crippen LogP contribution in [0.15, 0.2) is 84.9 Å². The monoisotopic (exact) mass is 372 g/mol. The maximum atomic E-state index is 6.09. The molecule has 3 nitrogen and oxygen atoms in total. The summed E-state index contributed by atoms with van der Waals surface area (Å²) in [6, 6.07) is 30.0. The van der Waals surface area contributed by atoms with Crippen molar-refractivity contribution in [1.29, 1.82) is 0 Å². The molecule has 0 unspecified atom stereocenters. The maximum Gasteiger partial charge on any atom is 0.119 e. The second-order valence-corrected chi connectivity index (χ2v) is 7.24. The first-order chi connectivity index (χ1) is 13.9. The number of nitrogens with zero attached hydrogens (tertiary/aromatic N) is 1. The first-order valence-corrected chi connectivity index (χ1v) is 10.2. The Kier molecular flexibility index (Phi) is 6.25. The lowest BCUT2D eigenvalue weighted by molar-refractivity contribution is 0.304. The van der Waals surface area contributed by atoms with Crippen LogP contribution in [0.4, 0.5) is 5.69 Å². The van der Waals surface area contributed by atoms with Gasteiger partial charge in [-0.25, -0.2) is 0 Å². The lowest BCUT2D eigenvalue weighted by atomic mass is 9.89. The standard InChI is InChI=1S/C25H28N2O/c1-3-7-21(8-4-1)25(22-9-5-2-6-10-22)15-20-28-24-13-11-23(12-14-24)27-18-16-26-17-19-27/h1-14,25-26H,15-20H2. The second-order valence-electron chi connectivity index (χ2n) is 7.24. The molecule has 1 fully saturated rings. The van der Waals surface area contributed by atoms with Crippen LogP contribution in [-0.2, 0) is 0 Å². The zero-order valence-corrected chi connectivity index (χ0v) is 16.3. The third-order valence-corrected chi connectivity index (χ3v) is 5.40. The molecule has 144 valence electrons. The Labute approximate surface area is 168 Å².